The molecule has 17 heavy (non-hydrogen) atoms. The van der Waals surface area contributed by atoms with E-state index in [1.165, 1.54) is 0 Å². The first kappa shape index (κ1) is 12.3. The molecule has 1 heterocycles. The molecule has 0 aliphatic carbocycles. The molecule has 4 nitrogen and oxygen atoms in total. The van der Waals surface area contributed by atoms with Gasteiger partial charge in [0.15, 0.2) is 5.11 Å². The Morgan fingerprint density at radius 1 is 1.35 bits per heavy atom. The van der Waals surface area contributed by atoms with Crippen LogP contribution in [0.3, 0.4) is 0 Å². The van der Waals surface area contributed by atoms with Crippen molar-refractivity contribution in [3.63, 3.8) is 0 Å². The number of rotatable bonds is 4. The first-order chi connectivity index (χ1) is 8.22. The highest BCUT2D eigenvalue weighted by atomic mass is 32.1. The van der Waals surface area contributed by atoms with E-state index in [0.29, 0.717) is 11.7 Å². The molecule has 0 aromatic heterocycles. The molecule has 1 saturated heterocycles. The first-order valence-corrected chi connectivity index (χ1v) is 6.16. The zero-order valence-electron chi connectivity index (χ0n) is 9.81. The Morgan fingerprint density at radius 3 is 2.65 bits per heavy atom. The summed E-state index contributed by atoms with van der Waals surface area (Å²) in [6, 6.07) is 10.1. The summed E-state index contributed by atoms with van der Waals surface area (Å²) in [7, 11) is 0. The molecule has 1 atom stereocenters. The number of nitrogens with zero attached hydrogens (tertiary/aromatic N) is 1. The zero-order chi connectivity index (χ0) is 12.3. The summed E-state index contributed by atoms with van der Waals surface area (Å²) in [6.45, 7) is 2.65. The standard InChI is InChI=1S/C12H17N3OS/c1-2-12(10-6-4-3-5-7-10)13-11(17)15(14-12)8-9-16/h3-7,14,16H,2,8-9H2,1H3,(H,13,17). The molecule has 1 aromatic rings. The highest BCUT2D eigenvalue weighted by Crippen LogP contribution is 2.26. The van der Waals surface area contributed by atoms with Crippen LogP contribution in [0.15, 0.2) is 30.3 Å². The molecule has 1 aliphatic heterocycles. The highest BCUT2D eigenvalue weighted by Gasteiger charge is 2.39. The molecule has 0 bridgehead atoms. The molecule has 0 spiro atoms. The minimum Gasteiger partial charge on any atom is -0.394 e. The van der Waals surface area contributed by atoms with E-state index in [4.69, 9.17) is 17.3 Å². The van der Waals surface area contributed by atoms with Crippen LogP contribution in [0.5, 0.6) is 0 Å². The molecule has 0 saturated carbocycles. The van der Waals surface area contributed by atoms with Crippen LogP contribution in [-0.4, -0.2) is 28.4 Å². The Balaban J connectivity index is 2.26. The van der Waals surface area contributed by atoms with Crippen molar-refractivity contribution in [2.24, 2.45) is 0 Å². The van der Waals surface area contributed by atoms with E-state index in [0.717, 1.165) is 12.0 Å². The molecule has 92 valence electrons. The van der Waals surface area contributed by atoms with Gasteiger partial charge in [-0.3, -0.25) is 5.01 Å². The molecule has 3 N–H and O–H groups in total. The first-order valence-electron chi connectivity index (χ1n) is 5.76. The largest absolute Gasteiger partial charge is 0.394 e. The van der Waals surface area contributed by atoms with E-state index in [1.54, 1.807) is 5.01 Å². The van der Waals surface area contributed by atoms with Crippen molar-refractivity contribution >= 4 is 17.3 Å². The van der Waals surface area contributed by atoms with Gasteiger partial charge in [-0.1, -0.05) is 37.3 Å². The van der Waals surface area contributed by atoms with Gasteiger partial charge < -0.3 is 10.4 Å². The van der Waals surface area contributed by atoms with Gasteiger partial charge in [-0.05, 0) is 24.2 Å². The number of benzene rings is 1. The Bertz CT molecular complexity index is 398. The third kappa shape index (κ3) is 2.26. The lowest BCUT2D eigenvalue weighted by molar-refractivity contribution is 0.175. The van der Waals surface area contributed by atoms with Crippen molar-refractivity contribution in [1.29, 1.82) is 0 Å². The van der Waals surface area contributed by atoms with Crippen molar-refractivity contribution in [3.05, 3.63) is 35.9 Å². The number of hydrogen-bond acceptors (Lipinski definition) is 3. The monoisotopic (exact) mass is 251 g/mol. The minimum atomic E-state index is -0.354. The van der Waals surface area contributed by atoms with Crippen molar-refractivity contribution in [3.8, 4) is 0 Å². The van der Waals surface area contributed by atoms with E-state index in [1.807, 2.05) is 18.2 Å². The number of thiocarbonyl (C=S) groups is 1. The van der Waals surface area contributed by atoms with Crippen LogP contribution >= 0.6 is 12.2 Å². The molecule has 1 aromatic carbocycles. The van der Waals surface area contributed by atoms with Gasteiger partial charge in [0.2, 0.25) is 0 Å². The number of nitrogens with one attached hydrogen (secondary N) is 2. The molecule has 1 fully saturated rings. The fourth-order valence-electron chi connectivity index (χ4n) is 2.05. The molecule has 1 unspecified atom stereocenters. The van der Waals surface area contributed by atoms with Gasteiger partial charge in [0, 0.05) is 0 Å². The van der Waals surface area contributed by atoms with Gasteiger partial charge in [0.1, 0.15) is 5.66 Å². The van der Waals surface area contributed by atoms with Crippen molar-refractivity contribution in [2.45, 2.75) is 19.0 Å². The van der Waals surface area contributed by atoms with Gasteiger partial charge in [0.25, 0.3) is 0 Å². The molecule has 1 aliphatic rings. The smallest absolute Gasteiger partial charge is 0.185 e. The third-order valence-corrected chi connectivity index (χ3v) is 3.33. The second-order valence-corrected chi connectivity index (χ2v) is 4.43. The summed E-state index contributed by atoms with van der Waals surface area (Å²) in [5.74, 6) is 0. The second-order valence-electron chi connectivity index (χ2n) is 4.04. The lowest BCUT2D eigenvalue weighted by Crippen LogP contribution is -2.48. The van der Waals surface area contributed by atoms with Gasteiger partial charge >= 0.3 is 0 Å². The average molecular weight is 251 g/mol. The minimum absolute atomic E-state index is 0.0728. The number of β-amino-alcohol motifs (C(OH)–C–C–N with tert-alkyl or cyclic N) is 1. The maximum absolute atomic E-state index is 8.99. The van der Waals surface area contributed by atoms with Gasteiger partial charge in [-0.15, -0.1) is 0 Å². The van der Waals surface area contributed by atoms with Crippen LogP contribution in [0.25, 0.3) is 0 Å². The Morgan fingerprint density at radius 2 is 2.06 bits per heavy atom. The van der Waals surface area contributed by atoms with E-state index >= 15 is 0 Å². The van der Waals surface area contributed by atoms with Crippen LogP contribution in [0.2, 0.25) is 0 Å². The molecule has 2 rings (SSSR count). The zero-order valence-corrected chi connectivity index (χ0v) is 10.6. The predicted molar refractivity (Wildman–Crippen MR) is 71.1 cm³/mol. The van der Waals surface area contributed by atoms with Crippen molar-refractivity contribution in [1.82, 2.24) is 15.8 Å². The second kappa shape index (κ2) is 5.00. The van der Waals surface area contributed by atoms with Crippen LogP contribution in [-0.2, 0) is 5.66 Å². The molecular weight excluding hydrogens is 234 g/mol. The van der Waals surface area contributed by atoms with Crippen LogP contribution in [0.4, 0.5) is 0 Å². The topological polar surface area (TPSA) is 47.5 Å². The normalized spacial score (nSPS) is 23.9. The summed E-state index contributed by atoms with van der Waals surface area (Å²) in [5.41, 5.74) is 4.13. The molecular formula is C12H17N3OS. The fraction of sp³-hybridized carbons (Fsp3) is 0.417. The summed E-state index contributed by atoms with van der Waals surface area (Å²) >= 11 is 5.26. The van der Waals surface area contributed by atoms with E-state index in [2.05, 4.69) is 29.8 Å². The average Bonchev–Trinajstić information content (AvgIpc) is 2.69. The summed E-state index contributed by atoms with van der Waals surface area (Å²) < 4.78 is 0. The number of hydrogen-bond donors (Lipinski definition) is 3. The number of hydrazine groups is 1. The van der Waals surface area contributed by atoms with E-state index < -0.39 is 0 Å². The van der Waals surface area contributed by atoms with E-state index in [9.17, 15) is 0 Å². The fourth-order valence-corrected chi connectivity index (χ4v) is 2.36. The molecule has 0 amide bonds. The van der Waals surface area contributed by atoms with Gasteiger partial charge in [0.05, 0.1) is 13.2 Å². The maximum atomic E-state index is 8.99. The maximum Gasteiger partial charge on any atom is 0.185 e. The Labute approximate surface area is 107 Å². The quantitative estimate of drug-likeness (QED) is 0.695. The Kier molecular flexibility index (Phi) is 3.61. The molecule has 0 radical (unpaired) electrons. The third-order valence-electron chi connectivity index (χ3n) is 3.01. The highest BCUT2D eigenvalue weighted by molar-refractivity contribution is 7.80. The summed E-state index contributed by atoms with van der Waals surface area (Å²) in [4.78, 5) is 0. The SMILES string of the molecule is CCC1(c2ccccc2)NC(=S)N(CCO)N1. The summed E-state index contributed by atoms with van der Waals surface area (Å²) in [5, 5.41) is 14.7. The van der Waals surface area contributed by atoms with E-state index in [-0.39, 0.29) is 12.3 Å². The van der Waals surface area contributed by atoms with Gasteiger partial charge in [-0.2, -0.15) is 0 Å². The lowest BCUT2D eigenvalue weighted by atomic mass is 9.98. The predicted octanol–water partition coefficient (Wildman–Crippen LogP) is 0.936. The van der Waals surface area contributed by atoms with Crippen molar-refractivity contribution in [2.75, 3.05) is 13.2 Å². The van der Waals surface area contributed by atoms with Crippen LogP contribution < -0.4 is 10.7 Å². The Hall–Kier alpha value is -1.17. The summed E-state index contributed by atoms with van der Waals surface area (Å²) in [6.07, 6.45) is 0.860. The molecule has 5 heteroatoms. The van der Waals surface area contributed by atoms with Crippen LogP contribution in [0.1, 0.15) is 18.9 Å². The number of aliphatic hydroxyl groups excluding tert-OH is 1. The van der Waals surface area contributed by atoms with Gasteiger partial charge in [-0.25, -0.2) is 5.43 Å². The number of aliphatic hydroxyl groups is 1. The van der Waals surface area contributed by atoms with Crippen molar-refractivity contribution < 1.29 is 5.11 Å². The lowest BCUT2D eigenvalue weighted by Gasteiger charge is -2.29. The van der Waals surface area contributed by atoms with Crippen LogP contribution in [0, 0.1) is 0 Å².